The maximum atomic E-state index is 5.85. The van der Waals surface area contributed by atoms with Gasteiger partial charge in [-0.15, -0.1) is 0 Å². The van der Waals surface area contributed by atoms with E-state index in [0.29, 0.717) is 18.2 Å². The minimum atomic E-state index is 0.186. The zero-order chi connectivity index (χ0) is 9.26. The number of benzene rings is 1. The Morgan fingerprint density at radius 1 is 1.38 bits per heavy atom. The maximum absolute atomic E-state index is 5.85. The normalized spacial score (nSPS) is 16.8. The Morgan fingerprint density at radius 2 is 2.15 bits per heavy atom. The molecule has 0 aromatic heterocycles. The molecule has 0 radical (unpaired) electrons. The first-order valence-electron chi connectivity index (χ1n) is 3.94. The van der Waals surface area contributed by atoms with Crippen LogP contribution in [0.5, 0.6) is 5.75 Å². The van der Waals surface area contributed by atoms with Crippen LogP contribution in [-0.2, 0) is 4.74 Å². The predicted octanol–water partition coefficient (Wildman–Crippen LogP) is 2.88. The molecule has 0 spiro atoms. The highest BCUT2D eigenvalue weighted by Crippen LogP contribution is 2.26. The van der Waals surface area contributed by atoms with Crippen LogP contribution in [0.3, 0.4) is 0 Å². The summed E-state index contributed by atoms with van der Waals surface area (Å²) in [5.74, 6) is 0.785. The largest absolute Gasteiger partial charge is 0.486 e. The second-order valence-electron chi connectivity index (χ2n) is 2.88. The molecular formula is C9H8BrClO2. The first-order chi connectivity index (χ1) is 6.24. The Hall–Kier alpha value is -0.250. The summed E-state index contributed by atoms with van der Waals surface area (Å²) in [6.45, 7) is 1.34. The van der Waals surface area contributed by atoms with E-state index < -0.39 is 0 Å². The van der Waals surface area contributed by atoms with Crippen molar-refractivity contribution in [1.82, 2.24) is 0 Å². The molecule has 0 aliphatic carbocycles. The van der Waals surface area contributed by atoms with Gasteiger partial charge in [0.05, 0.1) is 13.2 Å². The van der Waals surface area contributed by atoms with E-state index in [-0.39, 0.29) is 6.10 Å². The number of rotatable bonds is 2. The molecule has 70 valence electrons. The van der Waals surface area contributed by atoms with Crippen LogP contribution in [0.2, 0.25) is 5.02 Å². The standard InChI is InChI=1S/C9H8BrClO2/c10-6-1-7(11)3-8(2-6)13-9-4-12-5-9/h1-3,9H,4-5H2. The van der Waals surface area contributed by atoms with E-state index in [2.05, 4.69) is 15.9 Å². The van der Waals surface area contributed by atoms with Crippen LogP contribution in [0.25, 0.3) is 0 Å². The highest BCUT2D eigenvalue weighted by atomic mass is 79.9. The summed E-state index contributed by atoms with van der Waals surface area (Å²) in [6, 6.07) is 5.51. The van der Waals surface area contributed by atoms with Crippen molar-refractivity contribution in [3.8, 4) is 5.75 Å². The average Bonchev–Trinajstić information content (AvgIpc) is 1.95. The van der Waals surface area contributed by atoms with Gasteiger partial charge < -0.3 is 9.47 Å². The topological polar surface area (TPSA) is 18.5 Å². The molecular weight excluding hydrogens is 255 g/mol. The molecule has 1 fully saturated rings. The Kier molecular flexibility index (Phi) is 2.77. The van der Waals surface area contributed by atoms with E-state index in [1.807, 2.05) is 12.1 Å². The molecule has 4 heteroatoms. The smallest absolute Gasteiger partial charge is 0.145 e. The summed E-state index contributed by atoms with van der Waals surface area (Å²) in [7, 11) is 0. The zero-order valence-corrected chi connectivity index (χ0v) is 9.14. The third kappa shape index (κ3) is 2.36. The zero-order valence-electron chi connectivity index (χ0n) is 6.80. The molecule has 2 nitrogen and oxygen atoms in total. The second-order valence-corrected chi connectivity index (χ2v) is 4.23. The van der Waals surface area contributed by atoms with Crippen LogP contribution in [0, 0.1) is 0 Å². The lowest BCUT2D eigenvalue weighted by Crippen LogP contribution is -2.38. The van der Waals surface area contributed by atoms with Crippen molar-refractivity contribution in [1.29, 1.82) is 0 Å². The molecule has 0 unspecified atom stereocenters. The lowest BCUT2D eigenvalue weighted by molar-refractivity contribution is -0.0796. The quantitative estimate of drug-likeness (QED) is 0.817. The summed E-state index contributed by atoms with van der Waals surface area (Å²) in [5.41, 5.74) is 0. The molecule has 1 aromatic carbocycles. The van der Waals surface area contributed by atoms with Gasteiger partial charge in [0.1, 0.15) is 11.9 Å². The molecule has 0 saturated carbocycles. The fraction of sp³-hybridized carbons (Fsp3) is 0.333. The average molecular weight is 264 g/mol. The van der Waals surface area contributed by atoms with E-state index in [1.54, 1.807) is 6.07 Å². The van der Waals surface area contributed by atoms with Gasteiger partial charge >= 0.3 is 0 Å². The van der Waals surface area contributed by atoms with Crippen LogP contribution in [0.15, 0.2) is 22.7 Å². The van der Waals surface area contributed by atoms with Crippen molar-refractivity contribution in [2.75, 3.05) is 13.2 Å². The fourth-order valence-electron chi connectivity index (χ4n) is 1.07. The van der Waals surface area contributed by atoms with Gasteiger partial charge in [-0.05, 0) is 18.2 Å². The number of ether oxygens (including phenoxy) is 2. The Balaban J connectivity index is 2.10. The van der Waals surface area contributed by atoms with E-state index in [0.717, 1.165) is 10.2 Å². The monoisotopic (exact) mass is 262 g/mol. The van der Waals surface area contributed by atoms with E-state index in [9.17, 15) is 0 Å². The summed E-state index contributed by atoms with van der Waals surface area (Å²) >= 11 is 9.20. The van der Waals surface area contributed by atoms with Crippen molar-refractivity contribution in [2.45, 2.75) is 6.10 Å². The summed E-state index contributed by atoms with van der Waals surface area (Å²) < 4.78 is 11.5. The molecule has 0 N–H and O–H groups in total. The SMILES string of the molecule is Clc1cc(Br)cc(OC2COC2)c1. The lowest BCUT2D eigenvalue weighted by atomic mass is 10.3. The summed E-state index contributed by atoms with van der Waals surface area (Å²) in [5, 5.41) is 0.671. The van der Waals surface area contributed by atoms with Crippen molar-refractivity contribution >= 4 is 27.5 Å². The van der Waals surface area contributed by atoms with Crippen LogP contribution < -0.4 is 4.74 Å². The molecule has 1 aliphatic heterocycles. The molecule has 0 amide bonds. The first-order valence-corrected chi connectivity index (χ1v) is 5.11. The number of halogens is 2. The van der Waals surface area contributed by atoms with Gasteiger partial charge in [-0.2, -0.15) is 0 Å². The Labute approximate surface area is 89.9 Å². The molecule has 1 heterocycles. The molecule has 1 saturated heterocycles. The van der Waals surface area contributed by atoms with E-state index >= 15 is 0 Å². The van der Waals surface area contributed by atoms with Gasteiger partial charge in [-0.25, -0.2) is 0 Å². The van der Waals surface area contributed by atoms with Gasteiger partial charge in [-0.3, -0.25) is 0 Å². The molecule has 1 aromatic rings. The highest BCUT2D eigenvalue weighted by Gasteiger charge is 2.20. The van der Waals surface area contributed by atoms with Crippen molar-refractivity contribution < 1.29 is 9.47 Å². The minimum absolute atomic E-state index is 0.186. The van der Waals surface area contributed by atoms with Crippen LogP contribution in [0.4, 0.5) is 0 Å². The third-order valence-corrected chi connectivity index (χ3v) is 2.42. The van der Waals surface area contributed by atoms with Crippen molar-refractivity contribution in [3.63, 3.8) is 0 Å². The molecule has 2 rings (SSSR count). The fourth-order valence-corrected chi connectivity index (χ4v) is 1.90. The van der Waals surface area contributed by atoms with Crippen LogP contribution >= 0.6 is 27.5 Å². The Bertz CT molecular complexity index is 292. The third-order valence-electron chi connectivity index (χ3n) is 1.75. The van der Waals surface area contributed by atoms with Gasteiger partial charge in [-0.1, -0.05) is 27.5 Å². The maximum Gasteiger partial charge on any atom is 0.145 e. The second kappa shape index (κ2) is 3.86. The van der Waals surface area contributed by atoms with E-state index in [1.165, 1.54) is 0 Å². The summed E-state index contributed by atoms with van der Waals surface area (Å²) in [4.78, 5) is 0. The lowest BCUT2D eigenvalue weighted by Gasteiger charge is -2.26. The van der Waals surface area contributed by atoms with Gasteiger partial charge in [0.15, 0.2) is 0 Å². The molecule has 1 aliphatic rings. The molecule has 0 atom stereocenters. The summed E-state index contributed by atoms with van der Waals surface area (Å²) in [6.07, 6.45) is 0.186. The van der Waals surface area contributed by atoms with Crippen LogP contribution in [0.1, 0.15) is 0 Å². The molecule has 13 heavy (non-hydrogen) atoms. The molecule has 0 bridgehead atoms. The van der Waals surface area contributed by atoms with Crippen molar-refractivity contribution in [2.24, 2.45) is 0 Å². The van der Waals surface area contributed by atoms with Gasteiger partial charge in [0.25, 0.3) is 0 Å². The highest BCUT2D eigenvalue weighted by molar-refractivity contribution is 9.10. The van der Waals surface area contributed by atoms with Crippen LogP contribution in [-0.4, -0.2) is 19.3 Å². The van der Waals surface area contributed by atoms with Crippen molar-refractivity contribution in [3.05, 3.63) is 27.7 Å². The van der Waals surface area contributed by atoms with E-state index in [4.69, 9.17) is 21.1 Å². The first kappa shape index (κ1) is 9.31. The number of hydrogen-bond acceptors (Lipinski definition) is 2. The minimum Gasteiger partial charge on any atom is -0.486 e. The predicted molar refractivity (Wildman–Crippen MR) is 54.4 cm³/mol. The van der Waals surface area contributed by atoms with Gasteiger partial charge in [0.2, 0.25) is 0 Å². The number of hydrogen-bond donors (Lipinski definition) is 0. The van der Waals surface area contributed by atoms with Gasteiger partial charge in [0, 0.05) is 9.50 Å². The Morgan fingerprint density at radius 3 is 2.69 bits per heavy atom.